The Balaban J connectivity index is 3.38. The SMILES string of the molecule is Cc1cc(F)c([N+](=O)[O-])cc1S(=O)(=O)N(C)CC(C)C. The maximum absolute atomic E-state index is 13.4. The van der Waals surface area contributed by atoms with Crippen LogP contribution in [0.25, 0.3) is 0 Å². The van der Waals surface area contributed by atoms with Crippen molar-refractivity contribution in [2.24, 2.45) is 5.92 Å². The van der Waals surface area contributed by atoms with Crippen molar-refractivity contribution in [3.8, 4) is 0 Å². The van der Waals surface area contributed by atoms with Gasteiger partial charge in [0.05, 0.1) is 9.82 Å². The summed E-state index contributed by atoms with van der Waals surface area (Å²) in [4.78, 5) is 9.54. The lowest BCUT2D eigenvalue weighted by Crippen LogP contribution is -2.31. The molecule has 0 heterocycles. The van der Waals surface area contributed by atoms with Crippen LogP contribution in [0.15, 0.2) is 17.0 Å². The third-order valence-corrected chi connectivity index (χ3v) is 4.72. The lowest BCUT2D eigenvalue weighted by atomic mass is 10.2. The molecule has 0 saturated carbocycles. The van der Waals surface area contributed by atoms with Crippen LogP contribution >= 0.6 is 0 Å². The third kappa shape index (κ3) is 3.31. The van der Waals surface area contributed by atoms with Crippen LogP contribution in [-0.4, -0.2) is 31.2 Å². The molecule has 0 spiro atoms. The highest BCUT2D eigenvalue weighted by Crippen LogP contribution is 2.27. The normalized spacial score (nSPS) is 12.2. The summed E-state index contributed by atoms with van der Waals surface area (Å²) < 4.78 is 39.3. The first-order valence-corrected chi connectivity index (χ1v) is 7.42. The lowest BCUT2D eigenvalue weighted by Gasteiger charge is -2.20. The zero-order valence-electron chi connectivity index (χ0n) is 11.8. The van der Waals surface area contributed by atoms with Crippen molar-refractivity contribution in [3.63, 3.8) is 0 Å². The summed E-state index contributed by atoms with van der Waals surface area (Å²) in [5.74, 6) is -0.941. The highest BCUT2D eigenvalue weighted by Gasteiger charge is 2.27. The number of benzene rings is 1. The van der Waals surface area contributed by atoms with Gasteiger partial charge in [-0.15, -0.1) is 0 Å². The Morgan fingerprint density at radius 2 is 1.95 bits per heavy atom. The molecule has 0 fully saturated rings. The van der Waals surface area contributed by atoms with Crippen LogP contribution in [0.4, 0.5) is 10.1 Å². The van der Waals surface area contributed by atoms with Gasteiger partial charge in [-0.25, -0.2) is 12.7 Å². The lowest BCUT2D eigenvalue weighted by molar-refractivity contribution is -0.387. The monoisotopic (exact) mass is 304 g/mol. The standard InChI is InChI=1S/C12H17FN2O4S/c1-8(2)7-14(4)20(18,19)12-6-11(15(16)17)10(13)5-9(12)3/h5-6,8H,7H2,1-4H3. The second kappa shape index (κ2) is 5.84. The zero-order valence-corrected chi connectivity index (χ0v) is 12.6. The van der Waals surface area contributed by atoms with E-state index in [0.29, 0.717) is 0 Å². The molecule has 20 heavy (non-hydrogen) atoms. The molecule has 0 atom stereocenters. The molecule has 0 aliphatic rings. The molecule has 0 aromatic heterocycles. The van der Waals surface area contributed by atoms with E-state index in [1.165, 1.54) is 14.0 Å². The molecule has 0 aliphatic heterocycles. The molecule has 0 N–H and O–H groups in total. The molecule has 8 heteroatoms. The molecular weight excluding hydrogens is 287 g/mol. The summed E-state index contributed by atoms with van der Waals surface area (Å²) in [5, 5.41) is 10.7. The first kappa shape index (κ1) is 16.5. The summed E-state index contributed by atoms with van der Waals surface area (Å²) in [7, 11) is -2.48. The van der Waals surface area contributed by atoms with Crippen LogP contribution in [0.5, 0.6) is 0 Å². The van der Waals surface area contributed by atoms with Gasteiger partial charge in [-0.1, -0.05) is 13.8 Å². The van der Waals surface area contributed by atoms with E-state index >= 15 is 0 Å². The second-order valence-corrected chi connectivity index (χ2v) is 7.02. The van der Waals surface area contributed by atoms with Gasteiger partial charge in [0.2, 0.25) is 15.8 Å². The maximum atomic E-state index is 13.4. The van der Waals surface area contributed by atoms with E-state index in [4.69, 9.17) is 0 Å². The van der Waals surface area contributed by atoms with Crippen molar-refractivity contribution >= 4 is 15.7 Å². The number of aryl methyl sites for hydroxylation is 1. The summed E-state index contributed by atoms with van der Waals surface area (Å²) >= 11 is 0. The van der Waals surface area contributed by atoms with Gasteiger partial charge < -0.3 is 0 Å². The van der Waals surface area contributed by atoms with Gasteiger partial charge in [-0.05, 0) is 24.5 Å². The predicted molar refractivity (Wildman–Crippen MR) is 72.4 cm³/mol. The van der Waals surface area contributed by atoms with E-state index < -0.39 is 26.5 Å². The van der Waals surface area contributed by atoms with Gasteiger partial charge in [-0.2, -0.15) is 4.39 Å². The largest absolute Gasteiger partial charge is 0.306 e. The number of nitro benzene ring substituents is 1. The van der Waals surface area contributed by atoms with Crippen molar-refractivity contribution in [1.29, 1.82) is 0 Å². The summed E-state index contributed by atoms with van der Waals surface area (Å²) in [5.41, 5.74) is -0.698. The summed E-state index contributed by atoms with van der Waals surface area (Å²) in [6, 6.07) is 1.64. The van der Waals surface area contributed by atoms with Gasteiger partial charge in [0.25, 0.3) is 0 Å². The van der Waals surface area contributed by atoms with E-state index in [9.17, 15) is 22.9 Å². The van der Waals surface area contributed by atoms with Crippen molar-refractivity contribution in [3.05, 3.63) is 33.6 Å². The molecule has 0 amide bonds. The van der Waals surface area contributed by atoms with E-state index in [1.54, 1.807) is 0 Å². The molecule has 1 rings (SSSR count). The van der Waals surface area contributed by atoms with Crippen LogP contribution in [-0.2, 0) is 10.0 Å². The maximum Gasteiger partial charge on any atom is 0.306 e. The minimum Gasteiger partial charge on any atom is -0.258 e. The van der Waals surface area contributed by atoms with Crippen molar-refractivity contribution < 1.29 is 17.7 Å². The number of halogens is 1. The molecule has 112 valence electrons. The highest BCUT2D eigenvalue weighted by atomic mass is 32.2. The van der Waals surface area contributed by atoms with Crippen LogP contribution in [0.3, 0.4) is 0 Å². The zero-order chi connectivity index (χ0) is 15.7. The van der Waals surface area contributed by atoms with Crippen molar-refractivity contribution in [2.75, 3.05) is 13.6 Å². The fraction of sp³-hybridized carbons (Fsp3) is 0.500. The Bertz CT molecular complexity index is 629. The van der Waals surface area contributed by atoms with Crippen LogP contribution in [0.1, 0.15) is 19.4 Å². The fourth-order valence-electron chi connectivity index (χ4n) is 1.84. The van der Waals surface area contributed by atoms with Crippen molar-refractivity contribution in [2.45, 2.75) is 25.7 Å². The van der Waals surface area contributed by atoms with Crippen molar-refractivity contribution in [1.82, 2.24) is 4.31 Å². The number of sulfonamides is 1. The van der Waals surface area contributed by atoms with E-state index in [0.717, 1.165) is 16.4 Å². The van der Waals surface area contributed by atoms with E-state index in [2.05, 4.69) is 0 Å². The summed E-state index contributed by atoms with van der Waals surface area (Å²) in [6.07, 6.45) is 0. The first-order chi connectivity index (χ1) is 9.07. The molecule has 0 aliphatic carbocycles. The van der Waals surface area contributed by atoms with E-state index in [1.807, 2.05) is 13.8 Å². The Morgan fingerprint density at radius 1 is 1.40 bits per heavy atom. The van der Waals surface area contributed by atoms with Gasteiger partial charge in [0.15, 0.2) is 0 Å². The Morgan fingerprint density at radius 3 is 2.40 bits per heavy atom. The molecule has 1 aromatic rings. The minimum atomic E-state index is -3.88. The Hall–Kier alpha value is -1.54. The van der Waals surface area contributed by atoms with Gasteiger partial charge >= 0.3 is 5.69 Å². The second-order valence-electron chi connectivity index (χ2n) is 5.01. The number of hydrogen-bond acceptors (Lipinski definition) is 4. The molecule has 6 nitrogen and oxygen atoms in total. The van der Waals surface area contributed by atoms with Gasteiger partial charge in [0.1, 0.15) is 0 Å². The molecule has 1 aromatic carbocycles. The molecule has 0 bridgehead atoms. The molecule has 0 unspecified atom stereocenters. The predicted octanol–water partition coefficient (Wildman–Crippen LogP) is 2.32. The quantitative estimate of drug-likeness (QED) is 0.617. The highest BCUT2D eigenvalue weighted by molar-refractivity contribution is 7.89. The fourth-order valence-corrected chi connectivity index (χ4v) is 3.40. The average Bonchev–Trinajstić information content (AvgIpc) is 2.26. The third-order valence-electron chi connectivity index (χ3n) is 2.75. The van der Waals surface area contributed by atoms with E-state index in [-0.39, 0.29) is 22.9 Å². The first-order valence-electron chi connectivity index (χ1n) is 5.98. The molecule has 0 saturated heterocycles. The number of hydrogen-bond donors (Lipinski definition) is 0. The molecule has 0 radical (unpaired) electrons. The number of rotatable bonds is 5. The molecular formula is C12H17FN2O4S. The topological polar surface area (TPSA) is 80.5 Å². The van der Waals surface area contributed by atoms with Crippen LogP contribution in [0, 0.1) is 28.8 Å². The Labute approximate surface area is 117 Å². The number of nitrogens with zero attached hydrogens (tertiary/aromatic N) is 2. The van der Waals surface area contributed by atoms with Crippen LogP contribution < -0.4 is 0 Å². The minimum absolute atomic E-state index is 0.102. The van der Waals surface area contributed by atoms with Gasteiger partial charge in [0, 0.05) is 19.7 Å². The van der Waals surface area contributed by atoms with Crippen LogP contribution in [0.2, 0.25) is 0 Å². The summed E-state index contributed by atoms with van der Waals surface area (Å²) in [6.45, 7) is 5.38. The number of nitro groups is 1. The van der Waals surface area contributed by atoms with Gasteiger partial charge in [-0.3, -0.25) is 10.1 Å². The average molecular weight is 304 g/mol. The smallest absolute Gasteiger partial charge is 0.258 e. The Kier molecular flexibility index (Phi) is 4.82.